The number of halogens is 1. The van der Waals surface area contributed by atoms with Gasteiger partial charge in [-0.2, -0.15) is 9.97 Å². The van der Waals surface area contributed by atoms with Crippen molar-refractivity contribution in [3.63, 3.8) is 0 Å². The van der Waals surface area contributed by atoms with E-state index in [0.717, 1.165) is 5.69 Å². The second kappa shape index (κ2) is 6.78. The molecular weight excluding hydrogens is 362 g/mol. The van der Waals surface area contributed by atoms with E-state index in [0.29, 0.717) is 11.2 Å². The fourth-order valence-electron chi connectivity index (χ4n) is 2.88. The van der Waals surface area contributed by atoms with Crippen molar-refractivity contribution in [1.82, 2.24) is 19.5 Å². The maximum atomic E-state index is 10.2. The van der Waals surface area contributed by atoms with Crippen LogP contribution < -0.4 is 5.32 Å². The monoisotopic (exact) mass is 377 g/mol. The van der Waals surface area contributed by atoms with Gasteiger partial charge in [0.1, 0.15) is 23.8 Å². The number of nitrogens with one attached hydrogen (secondary N) is 1. The Morgan fingerprint density at radius 1 is 1.15 bits per heavy atom. The number of nitrogens with zero attached hydrogens (tertiary/aromatic N) is 4. The highest BCUT2D eigenvalue weighted by Gasteiger charge is 2.44. The number of fused-ring (bicyclic) bond motifs is 1. The van der Waals surface area contributed by atoms with E-state index in [2.05, 4.69) is 20.3 Å². The summed E-state index contributed by atoms with van der Waals surface area (Å²) in [5.41, 5.74) is 1.45. The van der Waals surface area contributed by atoms with Crippen molar-refractivity contribution < 1.29 is 20.1 Å². The molecule has 0 spiro atoms. The first kappa shape index (κ1) is 17.1. The lowest BCUT2D eigenvalue weighted by Gasteiger charge is -2.16. The van der Waals surface area contributed by atoms with Gasteiger partial charge in [0.25, 0.3) is 0 Å². The van der Waals surface area contributed by atoms with Crippen LogP contribution >= 0.6 is 11.6 Å². The molecule has 26 heavy (non-hydrogen) atoms. The van der Waals surface area contributed by atoms with Gasteiger partial charge in [-0.1, -0.05) is 29.8 Å². The van der Waals surface area contributed by atoms with E-state index in [1.165, 1.54) is 10.9 Å². The Hall–Kier alpha value is -2.30. The third-order valence-electron chi connectivity index (χ3n) is 4.20. The molecule has 0 amide bonds. The Balaban J connectivity index is 1.73. The molecule has 1 unspecified atom stereocenters. The van der Waals surface area contributed by atoms with Gasteiger partial charge in [0.2, 0.25) is 5.95 Å². The standard InChI is InChI=1S/C16H16ClN5O4/c17-13-10-14(21-16(20-13)19-8-4-2-1-3-5-8)22(7-18-10)15-12(25)11(24)9(6-23)26-15/h1-5,7,9,11-12,15,23-25H,6H2,(H,19,20,21)/t9-,11+,12?,15-/m1/s1. The van der Waals surface area contributed by atoms with Crippen LogP contribution in [0.3, 0.4) is 0 Å². The number of benzene rings is 1. The summed E-state index contributed by atoms with van der Waals surface area (Å²) in [6, 6.07) is 9.33. The molecule has 4 rings (SSSR count). The minimum Gasteiger partial charge on any atom is -0.394 e. The largest absolute Gasteiger partial charge is 0.394 e. The predicted molar refractivity (Wildman–Crippen MR) is 93.1 cm³/mol. The van der Waals surface area contributed by atoms with Crippen molar-refractivity contribution in [2.24, 2.45) is 0 Å². The topological polar surface area (TPSA) is 126 Å². The lowest BCUT2D eigenvalue weighted by Crippen LogP contribution is -2.33. The highest BCUT2D eigenvalue weighted by Crippen LogP contribution is 2.32. The highest BCUT2D eigenvalue weighted by molar-refractivity contribution is 6.33. The molecule has 1 aromatic carbocycles. The van der Waals surface area contributed by atoms with Crippen LogP contribution in [0, 0.1) is 0 Å². The molecule has 1 fully saturated rings. The summed E-state index contributed by atoms with van der Waals surface area (Å²) in [5, 5.41) is 32.6. The Kier molecular flexibility index (Phi) is 4.47. The van der Waals surface area contributed by atoms with Gasteiger partial charge < -0.3 is 25.4 Å². The summed E-state index contributed by atoms with van der Waals surface area (Å²) < 4.78 is 7.00. The van der Waals surface area contributed by atoms with E-state index in [9.17, 15) is 15.3 Å². The number of ether oxygens (including phenoxy) is 1. The third-order valence-corrected chi connectivity index (χ3v) is 4.46. The summed E-state index contributed by atoms with van der Waals surface area (Å²) in [4.78, 5) is 12.7. The maximum Gasteiger partial charge on any atom is 0.230 e. The Morgan fingerprint density at radius 2 is 1.92 bits per heavy atom. The predicted octanol–water partition coefficient (Wildman–Crippen LogP) is 0.835. The number of anilines is 2. The van der Waals surface area contributed by atoms with Crippen LogP contribution in [-0.4, -0.2) is 59.8 Å². The zero-order chi connectivity index (χ0) is 18.3. The Morgan fingerprint density at radius 3 is 2.62 bits per heavy atom. The van der Waals surface area contributed by atoms with Gasteiger partial charge in [0.15, 0.2) is 17.0 Å². The molecule has 1 aliphatic rings. The van der Waals surface area contributed by atoms with Gasteiger partial charge in [-0.15, -0.1) is 0 Å². The molecule has 1 saturated heterocycles. The molecule has 9 nitrogen and oxygen atoms in total. The van der Waals surface area contributed by atoms with E-state index < -0.39 is 31.1 Å². The number of imidazole rings is 1. The molecule has 1 aliphatic heterocycles. The van der Waals surface area contributed by atoms with E-state index in [4.69, 9.17) is 16.3 Å². The van der Waals surface area contributed by atoms with Gasteiger partial charge in [0, 0.05) is 5.69 Å². The zero-order valence-electron chi connectivity index (χ0n) is 13.4. The number of aromatic nitrogens is 4. The SMILES string of the molecule is OC[C@H]1O[C@@H](n2cnc3c(Cl)nc(Nc4ccccc4)nc32)C(O)[C@H]1O. The molecular formula is C16H16ClN5O4. The van der Waals surface area contributed by atoms with Gasteiger partial charge in [-0.05, 0) is 12.1 Å². The fourth-order valence-corrected chi connectivity index (χ4v) is 3.10. The Bertz CT molecular complexity index is 922. The van der Waals surface area contributed by atoms with Crippen LogP contribution in [0.1, 0.15) is 6.23 Å². The molecule has 0 radical (unpaired) electrons. The second-order valence-electron chi connectivity index (χ2n) is 5.88. The van der Waals surface area contributed by atoms with E-state index in [1.807, 2.05) is 30.3 Å². The van der Waals surface area contributed by atoms with Crippen LogP contribution in [0.2, 0.25) is 5.15 Å². The number of para-hydroxylation sites is 1. The molecule has 2 aromatic heterocycles. The Labute approximate surface area is 152 Å². The summed E-state index contributed by atoms with van der Waals surface area (Å²) >= 11 is 6.21. The lowest BCUT2D eigenvalue weighted by molar-refractivity contribution is -0.0511. The number of hydrogen-bond donors (Lipinski definition) is 4. The van der Waals surface area contributed by atoms with Gasteiger partial charge in [-0.3, -0.25) is 4.57 Å². The maximum absolute atomic E-state index is 10.2. The minimum absolute atomic E-state index is 0.138. The number of aliphatic hydroxyl groups excluding tert-OH is 3. The van der Waals surface area contributed by atoms with E-state index in [-0.39, 0.29) is 11.1 Å². The van der Waals surface area contributed by atoms with Crippen LogP contribution in [0.15, 0.2) is 36.7 Å². The summed E-state index contributed by atoms with van der Waals surface area (Å²) in [5.74, 6) is 0.252. The van der Waals surface area contributed by atoms with Crippen LogP contribution in [0.4, 0.5) is 11.6 Å². The van der Waals surface area contributed by atoms with Gasteiger partial charge in [-0.25, -0.2) is 4.98 Å². The second-order valence-corrected chi connectivity index (χ2v) is 6.24. The molecule has 0 aliphatic carbocycles. The van der Waals surface area contributed by atoms with Gasteiger partial charge >= 0.3 is 0 Å². The molecule has 0 bridgehead atoms. The summed E-state index contributed by atoms with van der Waals surface area (Å²) in [7, 11) is 0. The molecule has 136 valence electrons. The van der Waals surface area contributed by atoms with E-state index >= 15 is 0 Å². The molecule has 4 atom stereocenters. The first-order valence-corrected chi connectivity index (χ1v) is 8.31. The highest BCUT2D eigenvalue weighted by atomic mass is 35.5. The first-order chi connectivity index (χ1) is 12.6. The summed E-state index contributed by atoms with van der Waals surface area (Å²) in [6.45, 7) is -0.419. The third kappa shape index (κ3) is 2.89. The molecule has 0 saturated carbocycles. The molecule has 10 heteroatoms. The first-order valence-electron chi connectivity index (χ1n) is 7.93. The van der Waals surface area contributed by atoms with Crippen LogP contribution in [0.25, 0.3) is 11.2 Å². The van der Waals surface area contributed by atoms with E-state index in [1.54, 1.807) is 0 Å². The molecule has 3 aromatic rings. The number of aliphatic hydroxyl groups is 3. The van der Waals surface area contributed by atoms with Crippen molar-refractivity contribution in [3.05, 3.63) is 41.8 Å². The van der Waals surface area contributed by atoms with Crippen LogP contribution in [-0.2, 0) is 4.74 Å². The van der Waals surface area contributed by atoms with Crippen molar-refractivity contribution in [3.8, 4) is 0 Å². The average molecular weight is 378 g/mol. The lowest BCUT2D eigenvalue weighted by atomic mass is 10.1. The fraction of sp³-hybridized carbons (Fsp3) is 0.312. The minimum atomic E-state index is -1.25. The summed E-state index contributed by atoms with van der Waals surface area (Å²) in [6.07, 6.45) is -2.92. The van der Waals surface area contributed by atoms with Crippen molar-refractivity contribution >= 4 is 34.4 Å². The normalized spacial score (nSPS) is 25.7. The molecule has 4 N–H and O–H groups in total. The van der Waals surface area contributed by atoms with Crippen LogP contribution in [0.5, 0.6) is 0 Å². The quantitative estimate of drug-likeness (QED) is 0.493. The zero-order valence-corrected chi connectivity index (χ0v) is 14.2. The average Bonchev–Trinajstić information content (AvgIpc) is 3.18. The van der Waals surface area contributed by atoms with Gasteiger partial charge in [0.05, 0.1) is 12.9 Å². The van der Waals surface area contributed by atoms with Crippen molar-refractivity contribution in [2.75, 3.05) is 11.9 Å². The van der Waals surface area contributed by atoms with Crippen molar-refractivity contribution in [1.29, 1.82) is 0 Å². The van der Waals surface area contributed by atoms with Crippen molar-refractivity contribution in [2.45, 2.75) is 24.5 Å². The number of hydrogen-bond acceptors (Lipinski definition) is 8. The number of rotatable bonds is 4. The smallest absolute Gasteiger partial charge is 0.230 e. The molecule has 3 heterocycles.